The molecular formula is C24H18ClN7O2. The Hall–Kier alpha value is -4.37. The Morgan fingerprint density at radius 1 is 1.00 bits per heavy atom. The van der Waals surface area contributed by atoms with Crippen molar-refractivity contribution in [1.29, 1.82) is 0 Å². The van der Waals surface area contributed by atoms with Crippen LogP contribution >= 0.6 is 11.6 Å². The Bertz CT molecular complexity index is 1500. The van der Waals surface area contributed by atoms with E-state index in [1.807, 2.05) is 48.5 Å². The lowest BCUT2D eigenvalue weighted by atomic mass is 10.1. The molecule has 3 N–H and O–H groups in total. The number of nitrogens with one attached hydrogen (secondary N) is 1. The van der Waals surface area contributed by atoms with Crippen molar-refractivity contribution in [1.82, 2.24) is 24.7 Å². The molecule has 0 bridgehead atoms. The number of fused-ring (bicyclic) bond motifs is 2. The lowest BCUT2D eigenvalue weighted by Crippen LogP contribution is -2.06. The molecule has 4 heterocycles. The number of benzene rings is 2. The van der Waals surface area contributed by atoms with Crippen LogP contribution in [0.2, 0.25) is 5.02 Å². The summed E-state index contributed by atoms with van der Waals surface area (Å²) in [7, 11) is 0. The summed E-state index contributed by atoms with van der Waals surface area (Å²) < 4.78 is 12.7. The zero-order valence-corrected chi connectivity index (χ0v) is 18.5. The number of rotatable bonds is 5. The van der Waals surface area contributed by atoms with Gasteiger partial charge in [0.05, 0.1) is 29.0 Å². The Labute approximate surface area is 199 Å². The van der Waals surface area contributed by atoms with Gasteiger partial charge in [-0.05, 0) is 54.6 Å². The van der Waals surface area contributed by atoms with Gasteiger partial charge in [-0.25, -0.2) is 9.67 Å². The molecular weight excluding hydrogens is 454 g/mol. The minimum Gasteiger partial charge on any atom is -0.454 e. The fraction of sp³-hybridized carbons (Fsp3) is 0.0833. The molecule has 6 rings (SSSR count). The highest BCUT2D eigenvalue weighted by atomic mass is 35.5. The van der Waals surface area contributed by atoms with E-state index >= 15 is 0 Å². The van der Waals surface area contributed by atoms with Gasteiger partial charge in [0.25, 0.3) is 0 Å². The van der Waals surface area contributed by atoms with Crippen LogP contribution in [0, 0.1) is 0 Å². The second kappa shape index (κ2) is 8.20. The molecule has 0 aliphatic carbocycles. The Kier molecular flexibility index (Phi) is 4.88. The van der Waals surface area contributed by atoms with Crippen molar-refractivity contribution < 1.29 is 9.47 Å². The molecule has 9 nitrogen and oxygen atoms in total. The van der Waals surface area contributed by atoms with E-state index in [0.717, 1.165) is 16.9 Å². The van der Waals surface area contributed by atoms with Gasteiger partial charge in [0, 0.05) is 16.8 Å². The van der Waals surface area contributed by atoms with E-state index in [1.165, 1.54) is 0 Å². The lowest BCUT2D eigenvalue weighted by molar-refractivity contribution is 0.174. The van der Waals surface area contributed by atoms with E-state index < -0.39 is 0 Å². The molecule has 0 saturated heterocycles. The number of nitrogens with zero attached hydrogens (tertiary/aromatic N) is 5. The van der Waals surface area contributed by atoms with Crippen molar-refractivity contribution in [3.8, 4) is 28.4 Å². The monoisotopic (exact) mass is 471 g/mol. The number of hydrogen-bond acceptors (Lipinski definition) is 8. The SMILES string of the molecule is Nc1c2c(-c3ccc4c(c3)OCO4)nc(NCc3ccccn3)nc2nn1-c1ccc(Cl)cc1. The van der Waals surface area contributed by atoms with Gasteiger partial charge >= 0.3 is 0 Å². The van der Waals surface area contributed by atoms with E-state index in [1.54, 1.807) is 23.0 Å². The second-order valence-electron chi connectivity index (χ2n) is 7.61. The number of aromatic nitrogens is 5. The summed E-state index contributed by atoms with van der Waals surface area (Å²) in [5.74, 6) is 2.16. The van der Waals surface area contributed by atoms with E-state index in [4.69, 9.17) is 31.8 Å². The molecule has 0 atom stereocenters. The molecule has 2 aromatic carbocycles. The summed E-state index contributed by atoms with van der Waals surface area (Å²) in [5.41, 5.74) is 10.1. The predicted molar refractivity (Wildman–Crippen MR) is 129 cm³/mol. The number of nitrogen functional groups attached to an aromatic ring is 1. The smallest absolute Gasteiger partial charge is 0.231 e. The van der Waals surface area contributed by atoms with Crippen LogP contribution in [0.4, 0.5) is 11.8 Å². The highest BCUT2D eigenvalue weighted by Gasteiger charge is 2.21. The molecule has 10 heteroatoms. The first-order valence-corrected chi connectivity index (χ1v) is 10.9. The first-order valence-electron chi connectivity index (χ1n) is 10.5. The molecule has 1 aliphatic rings. The molecule has 3 aromatic heterocycles. The quantitative estimate of drug-likeness (QED) is 0.386. The minimum atomic E-state index is 0.186. The van der Waals surface area contributed by atoms with Crippen molar-refractivity contribution in [2.24, 2.45) is 0 Å². The van der Waals surface area contributed by atoms with Gasteiger partial charge in [-0.15, -0.1) is 5.10 Å². The van der Waals surface area contributed by atoms with Crippen LogP contribution in [-0.4, -0.2) is 31.5 Å². The number of nitrogens with two attached hydrogens (primary N) is 1. The van der Waals surface area contributed by atoms with Gasteiger partial charge in [0.15, 0.2) is 17.1 Å². The minimum absolute atomic E-state index is 0.186. The zero-order chi connectivity index (χ0) is 23.1. The maximum atomic E-state index is 6.58. The molecule has 168 valence electrons. The van der Waals surface area contributed by atoms with Crippen molar-refractivity contribution in [2.45, 2.75) is 6.54 Å². The average molecular weight is 472 g/mol. The first kappa shape index (κ1) is 20.3. The number of halogens is 1. The van der Waals surface area contributed by atoms with Gasteiger partial charge in [-0.3, -0.25) is 4.98 Å². The van der Waals surface area contributed by atoms with Crippen LogP contribution in [0.5, 0.6) is 11.5 Å². The van der Waals surface area contributed by atoms with E-state index in [0.29, 0.717) is 51.6 Å². The zero-order valence-electron chi connectivity index (χ0n) is 17.8. The molecule has 1 aliphatic heterocycles. The number of ether oxygens (including phenoxy) is 2. The third kappa shape index (κ3) is 3.61. The van der Waals surface area contributed by atoms with Crippen LogP contribution in [0.25, 0.3) is 28.0 Å². The van der Waals surface area contributed by atoms with Crippen LogP contribution in [-0.2, 0) is 6.54 Å². The van der Waals surface area contributed by atoms with Crippen LogP contribution in [0.15, 0.2) is 66.9 Å². The van der Waals surface area contributed by atoms with Gasteiger partial charge in [0.2, 0.25) is 12.7 Å². The van der Waals surface area contributed by atoms with E-state index in [-0.39, 0.29) is 6.79 Å². The van der Waals surface area contributed by atoms with Crippen LogP contribution in [0.1, 0.15) is 5.69 Å². The summed E-state index contributed by atoms with van der Waals surface area (Å²) in [5, 5.41) is 9.18. The van der Waals surface area contributed by atoms with Crippen molar-refractivity contribution in [3.63, 3.8) is 0 Å². The molecule has 0 amide bonds. The summed E-state index contributed by atoms with van der Waals surface area (Å²) in [6.45, 7) is 0.645. The van der Waals surface area contributed by atoms with Crippen LogP contribution in [0.3, 0.4) is 0 Å². The largest absolute Gasteiger partial charge is 0.454 e. The lowest BCUT2D eigenvalue weighted by Gasteiger charge is -2.09. The fourth-order valence-corrected chi connectivity index (χ4v) is 3.92. The van der Waals surface area contributed by atoms with Gasteiger partial charge in [0.1, 0.15) is 5.82 Å². The van der Waals surface area contributed by atoms with Crippen molar-refractivity contribution >= 4 is 34.4 Å². The summed E-state index contributed by atoms with van der Waals surface area (Å²) in [6.07, 6.45) is 1.74. The third-order valence-electron chi connectivity index (χ3n) is 5.44. The normalized spacial score (nSPS) is 12.3. The number of anilines is 2. The number of pyridine rings is 1. The highest BCUT2D eigenvalue weighted by molar-refractivity contribution is 6.30. The van der Waals surface area contributed by atoms with Crippen LogP contribution < -0.4 is 20.5 Å². The van der Waals surface area contributed by atoms with Gasteiger partial charge in [-0.2, -0.15) is 4.98 Å². The van der Waals surface area contributed by atoms with Crippen molar-refractivity contribution in [3.05, 3.63) is 77.6 Å². The van der Waals surface area contributed by atoms with E-state index in [2.05, 4.69) is 20.4 Å². The van der Waals surface area contributed by atoms with Crippen molar-refractivity contribution in [2.75, 3.05) is 17.8 Å². The number of hydrogen-bond donors (Lipinski definition) is 2. The summed E-state index contributed by atoms with van der Waals surface area (Å²) in [4.78, 5) is 13.8. The average Bonchev–Trinajstić information content (AvgIpc) is 3.47. The van der Waals surface area contributed by atoms with E-state index in [9.17, 15) is 0 Å². The first-order chi connectivity index (χ1) is 16.7. The molecule has 0 fully saturated rings. The second-order valence-corrected chi connectivity index (χ2v) is 8.05. The standard InChI is InChI=1S/C24H18ClN7O2/c25-15-5-7-17(8-6-15)32-22(26)20-21(14-4-9-18-19(11-14)34-13-33-18)29-24(30-23(20)31-32)28-12-16-3-1-2-10-27-16/h1-11H,12-13,26H2,(H,28,30,31). The Morgan fingerprint density at radius 2 is 1.85 bits per heavy atom. The molecule has 0 radical (unpaired) electrons. The molecule has 34 heavy (non-hydrogen) atoms. The summed E-state index contributed by atoms with van der Waals surface area (Å²) in [6, 6.07) is 18.6. The molecule has 0 saturated carbocycles. The topological polar surface area (TPSA) is 113 Å². The van der Waals surface area contributed by atoms with Gasteiger partial charge < -0.3 is 20.5 Å². The maximum absolute atomic E-state index is 6.58. The Morgan fingerprint density at radius 3 is 2.68 bits per heavy atom. The molecule has 0 unspecified atom stereocenters. The molecule has 5 aromatic rings. The molecule has 0 spiro atoms. The third-order valence-corrected chi connectivity index (χ3v) is 5.69. The Balaban J connectivity index is 1.49. The summed E-state index contributed by atoms with van der Waals surface area (Å²) >= 11 is 6.06. The maximum Gasteiger partial charge on any atom is 0.231 e. The fourth-order valence-electron chi connectivity index (χ4n) is 3.79. The van der Waals surface area contributed by atoms with Gasteiger partial charge in [-0.1, -0.05) is 17.7 Å². The predicted octanol–water partition coefficient (Wildman–Crippen LogP) is 4.45. The highest BCUT2D eigenvalue weighted by Crippen LogP contribution is 2.39.